The van der Waals surface area contributed by atoms with Crippen molar-refractivity contribution in [3.05, 3.63) is 64.4 Å². The van der Waals surface area contributed by atoms with E-state index in [4.69, 9.17) is 22.2 Å². The molecule has 0 aliphatic rings. The van der Waals surface area contributed by atoms with Crippen molar-refractivity contribution in [3.63, 3.8) is 0 Å². The number of ether oxygens (including phenoxy) is 1. The molecule has 3 nitrogen and oxygen atoms in total. The molecule has 1 atom stereocenters. The van der Waals surface area contributed by atoms with Crippen molar-refractivity contribution in [2.75, 3.05) is 7.11 Å². The molecule has 3 N–H and O–H groups in total. The molecule has 0 bridgehead atoms. The normalized spacial score (nSPS) is 12.2. The number of rotatable bonds is 5. The van der Waals surface area contributed by atoms with Gasteiger partial charge in [-0.3, -0.25) is 11.3 Å². The van der Waals surface area contributed by atoms with Gasteiger partial charge in [-0.1, -0.05) is 41.9 Å². The van der Waals surface area contributed by atoms with Crippen LogP contribution < -0.4 is 16.0 Å². The van der Waals surface area contributed by atoms with E-state index in [9.17, 15) is 4.39 Å². The molecule has 106 valence electrons. The smallest absolute Gasteiger partial charge is 0.145 e. The lowest BCUT2D eigenvalue weighted by Gasteiger charge is -2.19. The lowest BCUT2D eigenvalue weighted by molar-refractivity contribution is 0.398. The van der Waals surface area contributed by atoms with Gasteiger partial charge in [-0.2, -0.15) is 0 Å². The van der Waals surface area contributed by atoms with Crippen LogP contribution in [0.3, 0.4) is 0 Å². The molecule has 5 heteroatoms. The highest BCUT2D eigenvalue weighted by Crippen LogP contribution is 2.28. The minimum absolute atomic E-state index is 0.110. The molecule has 0 spiro atoms. The first-order valence-electron chi connectivity index (χ1n) is 6.19. The first kappa shape index (κ1) is 14.8. The lowest BCUT2D eigenvalue weighted by atomic mass is 9.98. The van der Waals surface area contributed by atoms with E-state index in [-0.39, 0.29) is 11.1 Å². The second-order valence-electron chi connectivity index (χ2n) is 4.38. The molecular weight excluding hydrogens is 279 g/mol. The summed E-state index contributed by atoms with van der Waals surface area (Å²) in [5.74, 6) is 5.90. The molecule has 2 aromatic rings. The van der Waals surface area contributed by atoms with Crippen LogP contribution in [0.4, 0.5) is 4.39 Å². The highest BCUT2D eigenvalue weighted by Gasteiger charge is 2.17. The molecule has 0 aliphatic carbocycles. The van der Waals surface area contributed by atoms with Crippen molar-refractivity contribution in [2.45, 2.75) is 12.5 Å². The molecule has 0 aromatic heterocycles. The van der Waals surface area contributed by atoms with Gasteiger partial charge >= 0.3 is 0 Å². The molecule has 0 fully saturated rings. The zero-order chi connectivity index (χ0) is 14.5. The third kappa shape index (κ3) is 3.10. The molecule has 0 amide bonds. The Labute approximate surface area is 122 Å². The van der Waals surface area contributed by atoms with Crippen LogP contribution in [0.15, 0.2) is 42.5 Å². The lowest BCUT2D eigenvalue weighted by Crippen LogP contribution is -2.30. The van der Waals surface area contributed by atoms with Crippen LogP contribution >= 0.6 is 11.6 Å². The van der Waals surface area contributed by atoms with Gasteiger partial charge < -0.3 is 4.74 Å². The predicted octanol–water partition coefficient (Wildman–Crippen LogP) is 3.23. The number of halogens is 2. The highest BCUT2D eigenvalue weighted by atomic mass is 35.5. The van der Waals surface area contributed by atoms with E-state index in [1.54, 1.807) is 19.2 Å². The van der Waals surface area contributed by atoms with Crippen molar-refractivity contribution in [2.24, 2.45) is 5.84 Å². The van der Waals surface area contributed by atoms with Crippen LogP contribution in [0.1, 0.15) is 17.2 Å². The van der Waals surface area contributed by atoms with E-state index in [0.717, 1.165) is 5.56 Å². The van der Waals surface area contributed by atoms with Gasteiger partial charge in [-0.25, -0.2) is 4.39 Å². The van der Waals surface area contributed by atoms with Crippen LogP contribution in [0.25, 0.3) is 0 Å². The third-order valence-electron chi connectivity index (χ3n) is 3.17. The van der Waals surface area contributed by atoms with Crippen LogP contribution in [-0.2, 0) is 6.42 Å². The second-order valence-corrected chi connectivity index (χ2v) is 4.79. The maximum absolute atomic E-state index is 14.0. The van der Waals surface area contributed by atoms with Crippen LogP contribution in [0.5, 0.6) is 5.75 Å². The van der Waals surface area contributed by atoms with Crippen molar-refractivity contribution in [3.8, 4) is 5.75 Å². The molecule has 0 aliphatic heterocycles. The summed E-state index contributed by atoms with van der Waals surface area (Å²) in [6.45, 7) is 0. The van der Waals surface area contributed by atoms with E-state index in [0.29, 0.717) is 17.7 Å². The van der Waals surface area contributed by atoms with Crippen LogP contribution in [-0.4, -0.2) is 7.11 Å². The maximum atomic E-state index is 14.0. The zero-order valence-corrected chi connectivity index (χ0v) is 11.8. The summed E-state index contributed by atoms with van der Waals surface area (Å²) >= 11 is 5.79. The number of hydrogen-bond donors (Lipinski definition) is 2. The van der Waals surface area contributed by atoms with Crippen LogP contribution in [0.2, 0.25) is 5.02 Å². The Morgan fingerprint density at radius 3 is 2.70 bits per heavy atom. The van der Waals surface area contributed by atoms with Gasteiger partial charge in [-0.05, 0) is 24.1 Å². The van der Waals surface area contributed by atoms with Crippen molar-refractivity contribution in [1.29, 1.82) is 0 Å². The van der Waals surface area contributed by atoms with Gasteiger partial charge in [0.05, 0.1) is 18.2 Å². The zero-order valence-electron chi connectivity index (χ0n) is 11.1. The highest BCUT2D eigenvalue weighted by molar-refractivity contribution is 6.30. The first-order valence-corrected chi connectivity index (χ1v) is 6.57. The van der Waals surface area contributed by atoms with Gasteiger partial charge in [-0.15, -0.1) is 0 Å². The van der Waals surface area contributed by atoms with E-state index in [1.807, 2.05) is 24.3 Å². The van der Waals surface area contributed by atoms with Crippen molar-refractivity contribution >= 4 is 11.6 Å². The van der Waals surface area contributed by atoms with E-state index in [2.05, 4.69) is 5.43 Å². The number of benzene rings is 2. The molecule has 20 heavy (non-hydrogen) atoms. The quantitative estimate of drug-likeness (QED) is 0.657. The SMILES string of the molecule is COc1ccccc1C(Cc1cccc(Cl)c1F)NN. The molecule has 1 unspecified atom stereocenters. The fourth-order valence-corrected chi connectivity index (χ4v) is 2.33. The number of hydrazine groups is 1. The number of nitrogens with two attached hydrogens (primary N) is 1. The molecule has 0 radical (unpaired) electrons. The Balaban J connectivity index is 2.31. The van der Waals surface area contributed by atoms with Gasteiger partial charge in [0, 0.05) is 5.56 Å². The number of methoxy groups -OCH3 is 1. The molecular formula is C15H16ClFN2O. The summed E-state index contributed by atoms with van der Waals surface area (Å²) in [5, 5.41) is 0.110. The Hall–Kier alpha value is -1.62. The second kappa shape index (κ2) is 6.70. The van der Waals surface area contributed by atoms with E-state index >= 15 is 0 Å². The largest absolute Gasteiger partial charge is 0.496 e. The topological polar surface area (TPSA) is 47.3 Å². The number of hydrogen-bond acceptors (Lipinski definition) is 3. The van der Waals surface area contributed by atoms with Crippen molar-refractivity contribution in [1.82, 2.24) is 5.43 Å². The number of para-hydroxylation sites is 1. The maximum Gasteiger partial charge on any atom is 0.145 e. The van der Waals surface area contributed by atoms with Gasteiger partial charge in [0.15, 0.2) is 0 Å². The molecule has 0 saturated carbocycles. The fourth-order valence-electron chi connectivity index (χ4n) is 2.14. The Bertz CT molecular complexity index is 592. The summed E-state index contributed by atoms with van der Waals surface area (Å²) in [6, 6.07) is 12.2. The molecule has 0 saturated heterocycles. The molecule has 2 aromatic carbocycles. The minimum atomic E-state index is -0.413. The number of nitrogens with one attached hydrogen (secondary N) is 1. The summed E-state index contributed by atoms with van der Waals surface area (Å²) < 4.78 is 19.3. The van der Waals surface area contributed by atoms with Gasteiger partial charge in [0.1, 0.15) is 11.6 Å². The predicted molar refractivity (Wildman–Crippen MR) is 78.2 cm³/mol. The Kier molecular flexibility index (Phi) is 4.95. The average Bonchev–Trinajstić information content (AvgIpc) is 2.49. The van der Waals surface area contributed by atoms with Crippen molar-refractivity contribution < 1.29 is 9.13 Å². The molecule has 2 rings (SSSR count). The summed E-state index contributed by atoms with van der Waals surface area (Å²) in [5.41, 5.74) is 4.08. The van der Waals surface area contributed by atoms with E-state index < -0.39 is 5.82 Å². The standard InChI is InChI=1S/C15H16ClFN2O/c1-20-14-8-3-2-6-11(14)13(19-18)9-10-5-4-7-12(16)15(10)17/h2-8,13,19H,9,18H2,1H3. The Morgan fingerprint density at radius 1 is 1.25 bits per heavy atom. The minimum Gasteiger partial charge on any atom is -0.496 e. The van der Waals surface area contributed by atoms with E-state index in [1.165, 1.54) is 6.07 Å². The third-order valence-corrected chi connectivity index (χ3v) is 3.46. The molecule has 0 heterocycles. The van der Waals surface area contributed by atoms with Gasteiger partial charge in [0.25, 0.3) is 0 Å². The average molecular weight is 295 g/mol. The summed E-state index contributed by atoms with van der Waals surface area (Å²) in [7, 11) is 1.59. The summed E-state index contributed by atoms with van der Waals surface area (Å²) in [6.07, 6.45) is 0.378. The summed E-state index contributed by atoms with van der Waals surface area (Å²) in [4.78, 5) is 0. The monoisotopic (exact) mass is 294 g/mol. The Morgan fingerprint density at radius 2 is 2.00 bits per heavy atom. The van der Waals surface area contributed by atoms with Crippen LogP contribution in [0, 0.1) is 5.82 Å². The van der Waals surface area contributed by atoms with Gasteiger partial charge in [0.2, 0.25) is 0 Å². The fraction of sp³-hybridized carbons (Fsp3) is 0.200. The first-order chi connectivity index (χ1) is 9.67.